The van der Waals surface area contributed by atoms with Crippen molar-refractivity contribution >= 4 is 39.4 Å². The third-order valence-electron chi connectivity index (χ3n) is 2.37. The van der Waals surface area contributed by atoms with Gasteiger partial charge in [0.05, 0.1) is 16.4 Å². The average Bonchev–Trinajstić information content (AvgIpc) is 2.30. The number of amides is 1. The lowest BCUT2D eigenvalue weighted by Gasteiger charge is -2.25. The fourth-order valence-electron chi connectivity index (χ4n) is 1.12. The zero-order valence-electron chi connectivity index (χ0n) is 10.3. The van der Waals surface area contributed by atoms with E-state index >= 15 is 0 Å². The normalized spacial score (nSPS) is 14.2. The van der Waals surface area contributed by atoms with Crippen LogP contribution in [0.2, 0.25) is 5.02 Å². The van der Waals surface area contributed by atoms with Crippen LogP contribution in [0.5, 0.6) is 0 Å². The Balaban J connectivity index is 3.05. The Labute approximate surface area is 123 Å². The van der Waals surface area contributed by atoms with Gasteiger partial charge >= 0.3 is 16.7 Å². The minimum atomic E-state index is -5.17. The topological polar surface area (TPSA) is 95.8 Å². The molecule has 0 aliphatic carbocycles. The van der Waals surface area contributed by atoms with Crippen LogP contribution in [0.4, 0.5) is 24.5 Å². The molecule has 0 aromatic heterocycles. The van der Waals surface area contributed by atoms with E-state index in [9.17, 15) is 26.4 Å². The molecule has 6 nitrogen and oxygen atoms in total. The molecule has 0 saturated carbocycles. The Morgan fingerprint density at radius 2 is 1.95 bits per heavy atom. The van der Waals surface area contributed by atoms with E-state index in [-0.39, 0.29) is 16.4 Å². The van der Waals surface area contributed by atoms with Crippen LogP contribution >= 0.6 is 11.6 Å². The van der Waals surface area contributed by atoms with Gasteiger partial charge in [0.2, 0.25) is 5.60 Å². The first kappa shape index (κ1) is 17.4. The van der Waals surface area contributed by atoms with Gasteiger partial charge in [0.25, 0.3) is 5.91 Å². The van der Waals surface area contributed by atoms with Gasteiger partial charge in [-0.3, -0.25) is 4.79 Å². The first-order chi connectivity index (χ1) is 9.45. The second-order valence-corrected chi connectivity index (χ2v) is 5.02. The SMILES string of the molecule is CC(O)(C(=O)Nc1ccc(N=S(=O)=O)cc1Cl)C(F)(F)F. The van der Waals surface area contributed by atoms with Gasteiger partial charge in [-0.1, -0.05) is 11.6 Å². The van der Waals surface area contributed by atoms with Gasteiger partial charge in [0.1, 0.15) is 0 Å². The monoisotopic (exact) mass is 344 g/mol. The number of hydrogen-bond acceptors (Lipinski definition) is 5. The molecule has 0 aliphatic heterocycles. The van der Waals surface area contributed by atoms with Gasteiger partial charge in [-0.2, -0.15) is 21.6 Å². The molecule has 1 atom stereocenters. The molecule has 1 rings (SSSR count). The Morgan fingerprint density at radius 3 is 2.38 bits per heavy atom. The number of nitrogens with one attached hydrogen (secondary N) is 1. The predicted octanol–water partition coefficient (Wildman–Crippen LogP) is 2.29. The van der Waals surface area contributed by atoms with Gasteiger partial charge in [-0.05, 0) is 25.1 Å². The van der Waals surface area contributed by atoms with Crippen molar-refractivity contribution in [1.82, 2.24) is 0 Å². The number of hydrogen-bond donors (Lipinski definition) is 2. The molecule has 1 amide bonds. The van der Waals surface area contributed by atoms with Crippen LogP contribution < -0.4 is 5.32 Å². The summed E-state index contributed by atoms with van der Waals surface area (Å²) in [6.07, 6.45) is -5.17. The number of carbonyl (C=O) groups is 1. The molecule has 0 radical (unpaired) electrons. The highest BCUT2D eigenvalue weighted by atomic mass is 35.5. The maximum atomic E-state index is 12.5. The molecule has 0 aliphatic rings. The number of aliphatic hydroxyl groups is 1. The van der Waals surface area contributed by atoms with E-state index in [1.807, 2.05) is 0 Å². The van der Waals surface area contributed by atoms with E-state index in [2.05, 4.69) is 4.36 Å². The van der Waals surface area contributed by atoms with Crippen molar-refractivity contribution in [2.24, 2.45) is 4.36 Å². The maximum absolute atomic E-state index is 12.5. The third-order valence-corrected chi connectivity index (χ3v) is 3.05. The number of nitrogens with zero attached hydrogens (tertiary/aromatic N) is 1. The molecule has 11 heteroatoms. The number of halogens is 4. The fourth-order valence-corrected chi connectivity index (χ4v) is 1.63. The zero-order valence-corrected chi connectivity index (χ0v) is 11.8. The van der Waals surface area contributed by atoms with Gasteiger partial charge in [0, 0.05) is 0 Å². The lowest BCUT2D eigenvalue weighted by molar-refractivity contribution is -0.242. The van der Waals surface area contributed by atoms with E-state index in [4.69, 9.17) is 16.7 Å². The Bertz CT molecular complexity index is 693. The quantitative estimate of drug-likeness (QED) is 0.879. The summed E-state index contributed by atoms with van der Waals surface area (Å²) in [6.45, 7) is 0.292. The molecule has 0 saturated heterocycles. The summed E-state index contributed by atoms with van der Waals surface area (Å²) >= 11 is 5.68. The first-order valence-electron chi connectivity index (χ1n) is 5.16. The summed E-state index contributed by atoms with van der Waals surface area (Å²) in [6, 6.07) is 3.19. The molecule has 0 fully saturated rings. The minimum absolute atomic E-state index is 0.0751. The van der Waals surface area contributed by atoms with E-state index in [0.29, 0.717) is 6.92 Å². The molecule has 1 aromatic rings. The minimum Gasteiger partial charge on any atom is -0.373 e. The molecule has 2 N–H and O–H groups in total. The molecular formula is C10H8ClF3N2O4S. The molecule has 21 heavy (non-hydrogen) atoms. The van der Waals surface area contributed by atoms with Crippen molar-refractivity contribution in [3.63, 3.8) is 0 Å². The van der Waals surface area contributed by atoms with Gasteiger partial charge in [-0.25, -0.2) is 0 Å². The Morgan fingerprint density at radius 1 is 1.38 bits per heavy atom. The Kier molecular flexibility index (Phi) is 4.97. The number of alkyl halides is 3. The van der Waals surface area contributed by atoms with Crippen molar-refractivity contribution in [2.45, 2.75) is 18.7 Å². The van der Waals surface area contributed by atoms with Crippen LogP contribution in [0.15, 0.2) is 22.6 Å². The third kappa shape index (κ3) is 4.16. The summed E-state index contributed by atoms with van der Waals surface area (Å²) in [5.41, 5.74) is -3.91. The second-order valence-electron chi connectivity index (χ2n) is 4.00. The summed E-state index contributed by atoms with van der Waals surface area (Å²) < 4.78 is 61.2. The van der Waals surface area contributed by atoms with Gasteiger partial charge < -0.3 is 10.4 Å². The number of carbonyl (C=O) groups excluding carboxylic acids is 1. The van der Waals surface area contributed by atoms with Crippen molar-refractivity contribution in [3.8, 4) is 0 Å². The molecule has 0 heterocycles. The van der Waals surface area contributed by atoms with Crippen molar-refractivity contribution in [3.05, 3.63) is 23.2 Å². The molecule has 116 valence electrons. The van der Waals surface area contributed by atoms with Crippen LogP contribution in [0, 0.1) is 0 Å². The van der Waals surface area contributed by atoms with Gasteiger partial charge in [-0.15, -0.1) is 4.36 Å². The highest BCUT2D eigenvalue weighted by molar-refractivity contribution is 7.61. The standard InChI is InChI=1S/C10H8ClF3N2O4S/c1-9(18,10(12,13)14)8(17)15-7-3-2-5(4-6(7)11)16-21(19)20/h2-4,18H,1H3,(H,15,17). The van der Waals surface area contributed by atoms with E-state index in [1.165, 1.54) is 0 Å². The van der Waals surface area contributed by atoms with Crippen LogP contribution in [0.3, 0.4) is 0 Å². The summed E-state index contributed by atoms with van der Waals surface area (Å²) in [5, 5.41) is 10.7. The average molecular weight is 345 g/mol. The largest absolute Gasteiger partial charge is 0.426 e. The number of anilines is 1. The van der Waals surface area contributed by atoms with Crippen molar-refractivity contribution in [1.29, 1.82) is 0 Å². The van der Waals surface area contributed by atoms with Crippen molar-refractivity contribution < 1.29 is 31.5 Å². The van der Waals surface area contributed by atoms with Gasteiger partial charge in [0.15, 0.2) is 0 Å². The number of rotatable bonds is 3. The van der Waals surface area contributed by atoms with Crippen LogP contribution in [0.1, 0.15) is 6.92 Å². The van der Waals surface area contributed by atoms with E-state index < -0.39 is 28.2 Å². The molecule has 0 spiro atoms. The van der Waals surface area contributed by atoms with Crippen LogP contribution in [-0.2, 0) is 15.3 Å². The van der Waals surface area contributed by atoms with E-state index in [0.717, 1.165) is 18.2 Å². The molecular weight excluding hydrogens is 337 g/mol. The zero-order chi connectivity index (χ0) is 16.4. The number of benzene rings is 1. The van der Waals surface area contributed by atoms with Crippen molar-refractivity contribution in [2.75, 3.05) is 5.32 Å². The summed E-state index contributed by atoms with van der Waals surface area (Å²) in [5.74, 6) is -1.73. The Hall–Kier alpha value is -1.65. The molecule has 0 bridgehead atoms. The summed E-state index contributed by atoms with van der Waals surface area (Å²) in [4.78, 5) is 11.4. The predicted molar refractivity (Wildman–Crippen MR) is 67.8 cm³/mol. The van der Waals surface area contributed by atoms with Crippen LogP contribution in [-0.4, -0.2) is 31.2 Å². The molecule has 1 aromatic carbocycles. The van der Waals surface area contributed by atoms with Crippen LogP contribution in [0.25, 0.3) is 0 Å². The highest BCUT2D eigenvalue weighted by Crippen LogP contribution is 2.33. The fraction of sp³-hybridized carbons (Fsp3) is 0.300. The smallest absolute Gasteiger partial charge is 0.373 e. The van der Waals surface area contributed by atoms with E-state index in [1.54, 1.807) is 5.32 Å². The molecule has 1 unspecified atom stereocenters. The summed E-state index contributed by atoms with van der Waals surface area (Å²) in [7, 11) is -2.73. The highest BCUT2D eigenvalue weighted by Gasteiger charge is 2.55. The first-order valence-corrected chi connectivity index (χ1v) is 6.57. The second kappa shape index (κ2) is 6.00. The maximum Gasteiger partial charge on any atom is 0.426 e. The lowest BCUT2D eigenvalue weighted by Crippen LogP contribution is -2.52. The lowest BCUT2D eigenvalue weighted by atomic mass is 10.1.